The second kappa shape index (κ2) is 10.5. The van der Waals surface area contributed by atoms with Crippen molar-refractivity contribution >= 4 is 23.2 Å². The molecular weight excluding hydrogens is 552 g/mol. The lowest BCUT2D eigenvalue weighted by Gasteiger charge is -2.50. The molecule has 6 N–H and O–H groups in total. The van der Waals surface area contributed by atoms with Crippen LogP contribution < -0.4 is 10.6 Å². The van der Waals surface area contributed by atoms with Crippen molar-refractivity contribution in [2.75, 3.05) is 47.2 Å². The van der Waals surface area contributed by atoms with Gasteiger partial charge in [0.25, 0.3) is 5.91 Å². The highest BCUT2D eigenvalue weighted by Crippen LogP contribution is 2.54. The number of fused-ring (bicyclic) bond motifs is 3. The third-order valence-electron chi connectivity index (χ3n) is 8.92. The normalized spacial score (nSPS) is 25.2. The summed E-state index contributed by atoms with van der Waals surface area (Å²) in [5, 5.41) is 46.1. The highest BCUT2D eigenvalue weighted by molar-refractivity contribution is 6.25. The second-order valence-corrected chi connectivity index (χ2v) is 12.4. The van der Waals surface area contributed by atoms with Crippen LogP contribution >= 0.6 is 0 Å². The van der Waals surface area contributed by atoms with E-state index in [4.69, 9.17) is 5.73 Å². The highest BCUT2D eigenvalue weighted by Gasteiger charge is 2.63. The molecule has 0 saturated heterocycles. The number of aromatic hydroxyl groups is 1. The van der Waals surface area contributed by atoms with Crippen LogP contribution in [0.25, 0.3) is 11.1 Å². The van der Waals surface area contributed by atoms with E-state index in [0.29, 0.717) is 28.9 Å². The highest BCUT2D eigenvalue weighted by atomic mass is 16.3. The number of phenols is 1. The number of allylic oxidation sites excluding steroid dienone is 1. The molecule has 0 aliphatic heterocycles. The van der Waals surface area contributed by atoms with Crippen LogP contribution in [0.4, 0.5) is 5.69 Å². The summed E-state index contributed by atoms with van der Waals surface area (Å²) in [5.41, 5.74) is 5.13. The van der Waals surface area contributed by atoms with E-state index < -0.39 is 58.0 Å². The molecule has 0 radical (unpaired) electrons. The Morgan fingerprint density at radius 2 is 1.72 bits per heavy atom. The van der Waals surface area contributed by atoms with Gasteiger partial charge in [0.1, 0.15) is 22.8 Å². The van der Waals surface area contributed by atoms with Crippen LogP contribution in [0.15, 0.2) is 53.0 Å². The number of aliphatic hydroxyl groups is 3. The van der Waals surface area contributed by atoms with Gasteiger partial charge in [-0.05, 0) is 75.8 Å². The minimum atomic E-state index is -2.68. The molecular formula is C32H38N4O7. The van der Waals surface area contributed by atoms with E-state index in [0.717, 1.165) is 5.56 Å². The second-order valence-electron chi connectivity index (χ2n) is 12.4. The molecule has 0 bridgehead atoms. The van der Waals surface area contributed by atoms with Crippen LogP contribution in [0, 0.1) is 11.8 Å². The van der Waals surface area contributed by atoms with Crippen molar-refractivity contribution in [1.29, 1.82) is 0 Å². The molecule has 0 saturated carbocycles. The number of benzene rings is 2. The van der Waals surface area contributed by atoms with Crippen LogP contribution in [0.2, 0.25) is 0 Å². The number of amides is 1. The quantitative estimate of drug-likeness (QED) is 0.314. The standard InChI is InChI=1S/C32H38N4O7/c1-34(2)14-15-8-7-9-16(10-15)18-13-21(35(3)4)19-11-17-12-20-25(36(5)6)28(39)24(31(33)42)30(41)32(20,43)29(40)22(17)27(38)23(19)26(18)37/h7-10,13,17,20,25,37,39-40,43H,11-12,14H2,1-6H3,(H2,33,42)/t17-,20-,25+,32-/m0/s1. The van der Waals surface area contributed by atoms with Crippen LogP contribution in [-0.2, 0) is 22.6 Å². The minimum Gasteiger partial charge on any atom is -0.510 e. The van der Waals surface area contributed by atoms with Gasteiger partial charge in [-0.15, -0.1) is 0 Å². The summed E-state index contributed by atoms with van der Waals surface area (Å²) in [7, 11) is 10.8. The number of nitrogens with zero attached hydrogens (tertiary/aromatic N) is 3. The number of carbonyl (C=O) groups excluding carboxylic acids is 3. The third-order valence-corrected chi connectivity index (χ3v) is 8.92. The lowest BCUT2D eigenvalue weighted by molar-refractivity contribution is -0.148. The van der Waals surface area contributed by atoms with Crippen LogP contribution in [0.5, 0.6) is 5.75 Å². The zero-order valence-corrected chi connectivity index (χ0v) is 25.2. The number of likely N-dealkylation sites (N-methyl/N-ethyl adjacent to an activating group) is 1. The molecule has 3 aliphatic carbocycles. The maximum absolute atomic E-state index is 14.3. The zero-order chi connectivity index (χ0) is 31.7. The van der Waals surface area contributed by atoms with E-state index >= 15 is 0 Å². The molecule has 2 aromatic rings. The predicted molar refractivity (Wildman–Crippen MR) is 161 cm³/mol. The van der Waals surface area contributed by atoms with E-state index in [1.54, 1.807) is 14.1 Å². The molecule has 228 valence electrons. The summed E-state index contributed by atoms with van der Waals surface area (Å²) in [5.74, 6) is -6.68. The molecule has 0 unspecified atom stereocenters. The lowest BCUT2D eigenvalue weighted by atomic mass is 9.58. The Morgan fingerprint density at radius 3 is 2.30 bits per heavy atom. The Balaban J connectivity index is 1.73. The van der Waals surface area contributed by atoms with Crippen LogP contribution in [0.3, 0.4) is 0 Å². The van der Waals surface area contributed by atoms with Crippen LogP contribution in [-0.4, -0.2) is 102 Å². The fourth-order valence-electron chi connectivity index (χ4n) is 7.12. The van der Waals surface area contributed by atoms with Gasteiger partial charge in [0.05, 0.1) is 11.6 Å². The minimum absolute atomic E-state index is 0.0139. The first kappa shape index (κ1) is 30.3. The van der Waals surface area contributed by atoms with Crippen molar-refractivity contribution < 1.29 is 34.8 Å². The van der Waals surface area contributed by atoms with E-state index in [1.807, 2.05) is 68.3 Å². The van der Waals surface area contributed by atoms with Gasteiger partial charge in [0.15, 0.2) is 11.4 Å². The van der Waals surface area contributed by atoms with E-state index in [9.17, 15) is 34.8 Å². The Morgan fingerprint density at radius 1 is 1.05 bits per heavy atom. The summed E-state index contributed by atoms with van der Waals surface area (Å²) in [6.45, 7) is 0.667. The molecule has 1 amide bonds. The fraction of sp³-hybridized carbons (Fsp3) is 0.406. The van der Waals surface area contributed by atoms with Gasteiger partial charge in [-0.25, -0.2) is 0 Å². The molecule has 3 aliphatic rings. The van der Waals surface area contributed by atoms with Gasteiger partial charge in [0.2, 0.25) is 5.78 Å². The number of ketones is 2. The number of Topliss-reactive ketones (excluding diaryl/α,β-unsaturated/α-hetero) is 2. The van der Waals surface area contributed by atoms with Gasteiger partial charge in [-0.3, -0.25) is 19.3 Å². The molecule has 11 nitrogen and oxygen atoms in total. The number of carbonyl (C=O) groups is 3. The molecule has 0 heterocycles. The maximum atomic E-state index is 14.3. The Bertz CT molecular complexity index is 1620. The summed E-state index contributed by atoms with van der Waals surface area (Å²) in [4.78, 5) is 45.5. The summed E-state index contributed by atoms with van der Waals surface area (Å²) in [6, 6.07) is 8.42. The topological polar surface area (TPSA) is 168 Å². The summed E-state index contributed by atoms with van der Waals surface area (Å²) < 4.78 is 0. The zero-order valence-electron chi connectivity index (χ0n) is 25.2. The van der Waals surface area contributed by atoms with Gasteiger partial charge < -0.3 is 36.0 Å². The smallest absolute Gasteiger partial charge is 0.255 e. The average molecular weight is 591 g/mol. The van der Waals surface area contributed by atoms with Crippen molar-refractivity contribution in [1.82, 2.24) is 9.80 Å². The number of hydrogen-bond acceptors (Lipinski definition) is 10. The molecule has 43 heavy (non-hydrogen) atoms. The Hall–Kier alpha value is -4.19. The van der Waals surface area contributed by atoms with Crippen molar-refractivity contribution in [2.24, 2.45) is 17.6 Å². The molecule has 2 aromatic carbocycles. The van der Waals surface area contributed by atoms with Crippen molar-refractivity contribution in [3.63, 3.8) is 0 Å². The first-order valence-corrected chi connectivity index (χ1v) is 14.1. The Labute approximate surface area is 250 Å². The van der Waals surface area contributed by atoms with E-state index in [-0.39, 0.29) is 29.7 Å². The van der Waals surface area contributed by atoms with Crippen molar-refractivity contribution in [3.8, 4) is 16.9 Å². The largest absolute Gasteiger partial charge is 0.510 e. The fourth-order valence-corrected chi connectivity index (χ4v) is 7.12. The third kappa shape index (κ3) is 4.50. The summed E-state index contributed by atoms with van der Waals surface area (Å²) >= 11 is 0. The molecule has 0 aromatic heterocycles. The van der Waals surface area contributed by atoms with E-state index in [1.165, 1.54) is 4.90 Å². The van der Waals surface area contributed by atoms with Gasteiger partial charge in [0, 0.05) is 43.4 Å². The number of rotatable bonds is 6. The number of anilines is 1. The molecule has 0 spiro atoms. The van der Waals surface area contributed by atoms with Gasteiger partial charge >= 0.3 is 0 Å². The van der Waals surface area contributed by atoms with Crippen molar-refractivity contribution in [3.05, 3.63) is 69.7 Å². The van der Waals surface area contributed by atoms with Crippen LogP contribution in [0.1, 0.15) is 27.9 Å². The number of nitrogens with two attached hydrogens (primary N) is 1. The molecule has 4 atom stereocenters. The molecule has 0 fully saturated rings. The van der Waals surface area contributed by atoms with Crippen molar-refractivity contribution in [2.45, 2.75) is 31.0 Å². The first-order valence-electron chi connectivity index (χ1n) is 14.1. The number of aliphatic hydroxyl groups excluding tert-OH is 2. The van der Waals surface area contributed by atoms with Gasteiger partial charge in [-0.1, -0.05) is 18.2 Å². The summed E-state index contributed by atoms with van der Waals surface area (Å²) in [6.07, 6.45) is 0.254. The van der Waals surface area contributed by atoms with E-state index in [2.05, 4.69) is 0 Å². The molecule has 11 heteroatoms. The maximum Gasteiger partial charge on any atom is 0.255 e. The number of hydrogen-bond donors (Lipinski definition) is 5. The first-order chi connectivity index (χ1) is 20.1. The molecule has 5 rings (SSSR count). The Kier molecular flexibility index (Phi) is 7.40. The number of primary amides is 1. The SMILES string of the molecule is CN(C)Cc1cccc(-c2cc(N(C)C)c3c(c2O)C(=O)C2=C(O)[C@]4(O)C(=O)C(C(N)=O)=C(O)[C@H](N(C)C)[C@@H]4C[C@@H]2C3)c1. The lowest BCUT2D eigenvalue weighted by Crippen LogP contribution is -2.63. The van der Waals surface area contributed by atoms with Gasteiger partial charge in [-0.2, -0.15) is 0 Å². The average Bonchev–Trinajstić information content (AvgIpc) is 2.90. The number of phenolic OH excluding ortho intramolecular Hbond substituents is 1. The predicted octanol–water partition coefficient (Wildman–Crippen LogP) is 1.92. The monoisotopic (exact) mass is 590 g/mol.